The van der Waals surface area contributed by atoms with E-state index in [1.807, 2.05) is 18.2 Å². The van der Waals surface area contributed by atoms with Crippen molar-refractivity contribution < 1.29 is 0 Å². The van der Waals surface area contributed by atoms with Gasteiger partial charge in [0.2, 0.25) is 0 Å². The molecule has 2 aromatic rings. The maximum atomic E-state index is 5.84. The molecule has 2 heteroatoms. The molecule has 0 saturated heterocycles. The fourth-order valence-corrected chi connectivity index (χ4v) is 2.32. The molecule has 0 unspecified atom stereocenters. The molecule has 0 saturated carbocycles. The highest BCUT2D eigenvalue weighted by atomic mass is 14.9. The van der Waals surface area contributed by atoms with Crippen LogP contribution in [0.3, 0.4) is 0 Å². The van der Waals surface area contributed by atoms with Crippen LogP contribution in [-0.2, 0) is 6.42 Å². The molecule has 0 radical (unpaired) electrons. The van der Waals surface area contributed by atoms with Crippen LogP contribution < -0.4 is 11.1 Å². The van der Waals surface area contributed by atoms with E-state index in [1.54, 1.807) is 0 Å². The Bertz CT molecular complexity index is 642. The minimum Gasteiger partial charge on any atom is -0.399 e. The normalized spacial score (nSPS) is 10.3. The average Bonchev–Trinajstić information content (AvgIpc) is 2.43. The Morgan fingerprint density at radius 2 is 1.90 bits per heavy atom. The van der Waals surface area contributed by atoms with E-state index in [2.05, 4.69) is 50.9 Å². The molecule has 0 heterocycles. The lowest BCUT2D eigenvalue weighted by Gasteiger charge is -2.16. The molecule has 104 valence electrons. The Morgan fingerprint density at radius 1 is 1.15 bits per heavy atom. The minimum absolute atomic E-state index is 0.796. The molecule has 0 aromatic heterocycles. The van der Waals surface area contributed by atoms with Gasteiger partial charge in [-0.25, -0.2) is 0 Å². The molecule has 3 N–H and O–H groups in total. The summed E-state index contributed by atoms with van der Waals surface area (Å²) in [6.45, 7) is 10.5. The Labute approximate surface area is 121 Å². The molecule has 20 heavy (non-hydrogen) atoms. The molecule has 0 fully saturated rings. The molecule has 0 spiro atoms. The van der Waals surface area contributed by atoms with E-state index < -0.39 is 0 Å². The molecular weight excluding hydrogens is 244 g/mol. The number of rotatable bonds is 4. The van der Waals surface area contributed by atoms with Gasteiger partial charge in [0.1, 0.15) is 0 Å². The summed E-state index contributed by atoms with van der Waals surface area (Å²) < 4.78 is 0. The van der Waals surface area contributed by atoms with Gasteiger partial charge < -0.3 is 11.1 Å². The third-order valence-corrected chi connectivity index (χ3v) is 3.51. The largest absolute Gasteiger partial charge is 0.399 e. The molecule has 2 rings (SSSR count). The van der Waals surface area contributed by atoms with Gasteiger partial charge >= 0.3 is 0 Å². The molecular formula is C18H22N2. The number of nitrogen functional groups attached to an aromatic ring is 1. The number of hydrogen-bond donors (Lipinski definition) is 2. The molecule has 0 bridgehead atoms. The Balaban J connectivity index is 2.30. The fourth-order valence-electron chi connectivity index (χ4n) is 2.32. The molecule has 0 aliphatic heterocycles. The molecule has 2 aromatic carbocycles. The van der Waals surface area contributed by atoms with Crippen molar-refractivity contribution in [2.24, 2.45) is 0 Å². The zero-order valence-electron chi connectivity index (χ0n) is 12.5. The van der Waals surface area contributed by atoms with Crippen molar-refractivity contribution in [2.75, 3.05) is 11.1 Å². The van der Waals surface area contributed by atoms with Gasteiger partial charge in [0.25, 0.3) is 0 Å². The highest BCUT2D eigenvalue weighted by molar-refractivity contribution is 5.79. The summed E-state index contributed by atoms with van der Waals surface area (Å²) in [5.41, 5.74) is 13.5. The summed E-state index contributed by atoms with van der Waals surface area (Å²) in [5.74, 6) is 0. The van der Waals surface area contributed by atoms with Crippen LogP contribution in [0, 0.1) is 13.8 Å². The van der Waals surface area contributed by atoms with Gasteiger partial charge in [-0.1, -0.05) is 31.2 Å². The molecule has 2 nitrogen and oxygen atoms in total. The smallest absolute Gasteiger partial charge is 0.0418 e. The topological polar surface area (TPSA) is 38.0 Å². The lowest BCUT2D eigenvalue weighted by molar-refractivity contribution is 1.14. The monoisotopic (exact) mass is 266 g/mol. The average molecular weight is 266 g/mol. The third-order valence-electron chi connectivity index (χ3n) is 3.51. The van der Waals surface area contributed by atoms with Crippen LogP contribution in [0.4, 0.5) is 11.4 Å². The van der Waals surface area contributed by atoms with E-state index in [1.165, 1.54) is 16.7 Å². The van der Waals surface area contributed by atoms with Gasteiger partial charge in [-0.05, 0) is 55.7 Å². The van der Waals surface area contributed by atoms with Gasteiger partial charge in [-0.2, -0.15) is 0 Å². The number of benzene rings is 2. The minimum atomic E-state index is 0.796. The second kappa shape index (κ2) is 5.83. The van der Waals surface area contributed by atoms with Crippen molar-refractivity contribution >= 4 is 17.1 Å². The molecule has 0 atom stereocenters. The van der Waals surface area contributed by atoms with Crippen LogP contribution in [0.1, 0.15) is 29.2 Å². The van der Waals surface area contributed by atoms with Crippen molar-refractivity contribution in [3.63, 3.8) is 0 Å². The van der Waals surface area contributed by atoms with Crippen molar-refractivity contribution in [1.82, 2.24) is 0 Å². The predicted octanol–water partition coefficient (Wildman–Crippen LogP) is 4.53. The van der Waals surface area contributed by atoms with Gasteiger partial charge in [-0.15, -0.1) is 0 Å². The van der Waals surface area contributed by atoms with E-state index in [4.69, 9.17) is 5.73 Å². The highest BCUT2D eigenvalue weighted by Gasteiger charge is 2.07. The maximum Gasteiger partial charge on any atom is 0.0418 e. The number of aryl methyl sites for hydroxylation is 3. The van der Waals surface area contributed by atoms with Gasteiger partial charge in [0.15, 0.2) is 0 Å². The first-order valence-electron chi connectivity index (χ1n) is 6.93. The molecule has 0 amide bonds. The first kappa shape index (κ1) is 14.2. The number of hydrogen-bond acceptors (Lipinski definition) is 2. The summed E-state index contributed by atoms with van der Waals surface area (Å²) in [4.78, 5) is 0. The van der Waals surface area contributed by atoms with Crippen LogP contribution in [0.15, 0.2) is 43.0 Å². The standard InChI is InChI=1S/C18H22N2/c1-5-15-11-16(19)8-9-18(15)20-14(4)17-10-12(2)6-7-13(17)3/h6-11,20H,4-5,19H2,1-3H3. The fraction of sp³-hybridized carbons (Fsp3) is 0.222. The highest BCUT2D eigenvalue weighted by Crippen LogP contribution is 2.25. The van der Waals surface area contributed by atoms with Crippen molar-refractivity contribution in [3.8, 4) is 0 Å². The summed E-state index contributed by atoms with van der Waals surface area (Å²) >= 11 is 0. The summed E-state index contributed by atoms with van der Waals surface area (Å²) in [6, 6.07) is 12.3. The van der Waals surface area contributed by atoms with Gasteiger partial charge in [0, 0.05) is 22.6 Å². The Hall–Kier alpha value is -2.22. The van der Waals surface area contributed by atoms with Crippen LogP contribution in [0.2, 0.25) is 0 Å². The first-order valence-corrected chi connectivity index (χ1v) is 6.93. The second-order valence-corrected chi connectivity index (χ2v) is 5.19. The van der Waals surface area contributed by atoms with Gasteiger partial charge in [-0.3, -0.25) is 0 Å². The van der Waals surface area contributed by atoms with Crippen molar-refractivity contribution in [3.05, 3.63) is 65.2 Å². The molecule has 0 aliphatic rings. The van der Waals surface area contributed by atoms with Crippen molar-refractivity contribution in [1.29, 1.82) is 0 Å². The van der Waals surface area contributed by atoms with Crippen molar-refractivity contribution in [2.45, 2.75) is 27.2 Å². The Morgan fingerprint density at radius 3 is 2.60 bits per heavy atom. The van der Waals surface area contributed by atoms with E-state index in [9.17, 15) is 0 Å². The first-order chi connectivity index (χ1) is 9.51. The number of nitrogens with two attached hydrogens (primary N) is 1. The SMILES string of the molecule is C=C(Nc1ccc(N)cc1CC)c1cc(C)ccc1C. The number of anilines is 2. The van der Waals surface area contributed by atoms with E-state index >= 15 is 0 Å². The van der Waals surface area contributed by atoms with Crippen LogP contribution in [0.5, 0.6) is 0 Å². The van der Waals surface area contributed by atoms with E-state index in [-0.39, 0.29) is 0 Å². The van der Waals surface area contributed by atoms with Crippen LogP contribution in [-0.4, -0.2) is 0 Å². The lowest BCUT2D eigenvalue weighted by Crippen LogP contribution is -2.03. The summed E-state index contributed by atoms with van der Waals surface area (Å²) in [5, 5.41) is 3.42. The summed E-state index contributed by atoms with van der Waals surface area (Å²) in [7, 11) is 0. The quantitative estimate of drug-likeness (QED) is 0.798. The van der Waals surface area contributed by atoms with Gasteiger partial charge in [0.05, 0.1) is 0 Å². The second-order valence-electron chi connectivity index (χ2n) is 5.19. The zero-order valence-corrected chi connectivity index (χ0v) is 12.5. The van der Waals surface area contributed by atoms with E-state index in [0.29, 0.717) is 0 Å². The summed E-state index contributed by atoms with van der Waals surface area (Å²) in [6.07, 6.45) is 0.938. The van der Waals surface area contributed by atoms with E-state index in [0.717, 1.165) is 29.1 Å². The van der Waals surface area contributed by atoms with Crippen LogP contribution in [0.25, 0.3) is 5.70 Å². The predicted molar refractivity (Wildman–Crippen MR) is 88.8 cm³/mol. The Kier molecular flexibility index (Phi) is 4.14. The maximum absolute atomic E-state index is 5.84. The lowest BCUT2D eigenvalue weighted by atomic mass is 10.0. The van der Waals surface area contributed by atoms with Crippen LogP contribution >= 0.6 is 0 Å². The zero-order chi connectivity index (χ0) is 14.7. The third kappa shape index (κ3) is 3.02. The number of nitrogens with one attached hydrogen (secondary N) is 1. The molecule has 0 aliphatic carbocycles.